The van der Waals surface area contributed by atoms with Gasteiger partial charge in [0.1, 0.15) is 0 Å². The van der Waals surface area contributed by atoms with Gasteiger partial charge >= 0.3 is 0 Å². The molecule has 0 unspecified atom stereocenters. The zero-order valence-electron chi connectivity index (χ0n) is 33.5. The van der Waals surface area contributed by atoms with E-state index in [2.05, 4.69) is 240 Å². The van der Waals surface area contributed by atoms with Crippen molar-refractivity contribution in [2.75, 3.05) is 4.90 Å². The van der Waals surface area contributed by atoms with Crippen LogP contribution in [-0.2, 0) is 6.42 Å². The van der Waals surface area contributed by atoms with Gasteiger partial charge in [-0.3, -0.25) is 0 Å². The first kappa shape index (κ1) is 35.0. The molecule has 10 aromatic carbocycles. The normalized spacial score (nSPS) is 12.2. The Labute approximate surface area is 355 Å². The van der Waals surface area contributed by atoms with Crippen molar-refractivity contribution < 1.29 is 0 Å². The van der Waals surface area contributed by atoms with Gasteiger partial charge in [-0.1, -0.05) is 152 Å². The number of nitrogens with zero attached hydrogens (tertiary/aromatic N) is 2. The summed E-state index contributed by atoms with van der Waals surface area (Å²) < 4.78 is 2.42. The summed E-state index contributed by atoms with van der Waals surface area (Å²) in [7, 11) is 0. The highest BCUT2D eigenvalue weighted by Gasteiger charge is 2.25. The number of anilines is 3. The van der Waals surface area contributed by atoms with E-state index in [1.165, 1.54) is 105 Å². The van der Waals surface area contributed by atoms with Crippen molar-refractivity contribution in [1.82, 2.24) is 4.57 Å². The van der Waals surface area contributed by atoms with Gasteiger partial charge in [0.15, 0.2) is 0 Å². The van der Waals surface area contributed by atoms with Crippen molar-refractivity contribution in [2.24, 2.45) is 0 Å². The van der Waals surface area contributed by atoms with Crippen LogP contribution in [0.2, 0.25) is 0 Å². The molecule has 2 nitrogen and oxygen atoms in total. The van der Waals surface area contributed by atoms with Gasteiger partial charge in [-0.2, -0.15) is 0 Å². The molecule has 0 N–H and O–H groups in total. The summed E-state index contributed by atoms with van der Waals surface area (Å²) in [4.78, 5) is 2.43. The molecule has 2 heteroatoms. The molecule has 61 heavy (non-hydrogen) atoms. The molecule has 0 bridgehead atoms. The van der Waals surface area contributed by atoms with Crippen LogP contribution in [0.15, 0.2) is 231 Å². The van der Waals surface area contributed by atoms with Crippen molar-refractivity contribution in [3.63, 3.8) is 0 Å². The fourth-order valence-electron chi connectivity index (χ4n) is 9.53. The van der Waals surface area contributed by atoms with Gasteiger partial charge in [0.25, 0.3) is 0 Å². The van der Waals surface area contributed by atoms with E-state index in [-0.39, 0.29) is 0 Å². The van der Waals surface area contributed by atoms with Crippen molar-refractivity contribution in [3.05, 3.63) is 242 Å². The molecule has 0 saturated carbocycles. The Kier molecular flexibility index (Phi) is 8.28. The summed E-state index contributed by atoms with van der Waals surface area (Å²) in [5, 5.41) is 5.02. The third kappa shape index (κ3) is 6.12. The maximum atomic E-state index is 2.43. The lowest BCUT2D eigenvalue weighted by molar-refractivity contribution is 1.09. The molecular formula is C59H40N2. The molecule has 12 rings (SSSR count). The lowest BCUT2D eigenvalue weighted by atomic mass is 9.90. The average molecular weight is 777 g/mol. The van der Waals surface area contributed by atoms with Gasteiger partial charge in [0, 0.05) is 39.9 Å². The topological polar surface area (TPSA) is 8.17 Å². The second-order valence-corrected chi connectivity index (χ2v) is 16.2. The second-order valence-electron chi connectivity index (χ2n) is 16.2. The summed E-state index contributed by atoms with van der Waals surface area (Å²) in [6.07, 6.45) is 0.860. The predicted molar refractivity (Wildman–Crippen MR) is 258 cm³/mol. The highest BCUT2D eigenvalue weighted by atomic mass is 15.2. The Morgan fingerprint density at radius 2 is 0.705 bits per heavy atom. The molecule has 0 atom stereocenters. The Hall–Kier alpha value is -7.94. The molecule has 0 amide bonds. The number of hydrogen-bond acceptors (Lipinski definition) is 1. The summed E-state index contributed by atoms with van der Waals surface area (Å²) in [5.74, 6) is 0. The molecule has 286 valence electrons. The van der Waals surface area contributed by atoms with Gasteiger partial charge in [-0.25, -0.2) is 0 Å². The van der Waals surface area contributed by atoms with Crippen LogP contribution in [0.5, 0.6) is 0 Å². The quantitative estimate of drug-likeness (QED) is 0.163. The van der Waals surface area contributed by atoms with Crippen LogP contribution >= 0.6 is 0 Å². The van der Waals surface area contributed by atoms with Crippen LogP contribution < -0.4 is 4.90 Å². The molecule has 0 spiro atoms. The predicted octanol–water partition coefficient (Wildman–Crippen LogP) is 16.0. The third-order valence-electron chi connectivity index (χ3n) is 12.6. The first-order valence-electron chi connectivity index (χ1n) is 21.1. The molecule has 2 heterocycles. The monoisotopic (exact) mass is 776 g/mol. The van der Waals surface area contributed by atoms with Crippen LogP contribution in [0.3, 0.4) is 0 Å². The summed E-state index contributed by atoms with van der Waals surface area (Å²) >= 11 is 0. The largest absolute Gasteiger partial charge is 0.310 e. The number of aromatic nitrogens is 1. The third-order valence-corrected chi connectivity index (χ3v) is 12.6. The Morgan fingerprint density at radius 3 is 1.30 bits per heavy atom. The van der Waals surface area contributed by atoms with E-state index in [1.807, 2.05) is 0 Å². The zero-order valence-corrected chi connectivity index (χ0v) is 33.5. The van der Waals surface area contributed by atoms with Crippen molar-refractivity contribution in [3.8, 4) is 50.2 Å². The summed E-state index contributed by atoms with van der Waals surface area (Å²) in [5.41, 5.74) is 19.6. The van der Waals surface area contributed by atoms with Crippen LogP contribution in [0.4, 0.5) is 17.1 Å². The molecule has 11 aromatic rings. The molecule has 1 aromatic heterocycles. The number of benzene rings is 10. The summed E-state index contributed by atoms with van der Waals surface area (Å²) in [6.45, 7) is 0. The molecule has 0 aliphatic carbocycles. The number of fused-ring (bicyclic) bond motifs is 6. The van der Waals surface area contributed by atoms with Gasteiger partial charge < -0.3 is 9.47 Å². The van der Waals surface area contributed by atoms with Crippen molar-refractivity contribution >= 4 is 49.6 Å². The Balaban J connectivity index is 0.934. The Bertz CT molecular complexity index is 3320. The van der Waals surface area contributed by atoms with E-state index in [0.29, 0.717) is 0 Å². The van der Waals surface area contributed by atoms with Crippen LogP contribution in [0.25, 0.3) is 82.8 Å². The fourth-order valence-corrected chi connectivity index (χ4v) is 9.53. The van der Waals surface area contributed by atoms with E-state index >= 15 is 0 Å². The molecule has 0 saturated heterocycles. The van der Waals surface area contributed by atoms with Crippen LogP contribution in [0.1, 0.15) is 11.1 Å². The zero-order chi connectivity index (χ0) is 40.3. The van der Waals surface area contributed by atoms with Crippen molar-refractivity contribution in [1.29, 1.82) is 0 Å². The highest BCUT2D eigenvalue weighted by molar-refractivity contribution is 6.11. The number of rotatable bonds is 6. The number of hydrogen-bond donors (Lipinski definition) is 0. The minimum Gasteiger partial charge on any atom is -0.310 e. The molecule has 0 radical (unpaired) electrons. The van der Waals surface area contributed by atoms with E-state index in [0.717, 1.165) is 12.1 Å². The standard InChI is InChI=1S/C59H40N2/c1-4-12-40(13-5-1)48-26-32-58-54(38-48)55-39-49(41-14-6-2-7-15-41)27-33-59(55)61(58)53-28-22-43(23-29-53)45-24-30-56-50(35-45)37-51-36-47(46-21-20-42-16-10-11-17-44(42)34-46)25-31-57(51)60(56)52-18-8-3-9-19-52/h1-36,38-39H,37H2. The molecule has 0 fully saturated rings. The fraction of sp³-hybridized carbons (Fsp3) is 0.0169. The first-order chi connectivity index (χ1) is 30.2. The second kappa shape index (κ2) is 14.4. The molecule has 1 aliphatic heterocycles. The van der Waals surface area contributed by atoms with Gasteiger partial charge in [0.2, 0.25) is 0 Å². The SMILES string of the molecule is c1ccc(-c2ccc3c(c2)c2cc(-c4ccccc4)ccc2n3-c2ccc(-c3ccc4c(c3)Cc3cc(-c5ccc6ccccc6c5)ccc3N4c3ccccc3)cc2)cc1. The average Bonchev–Trinajstić information content (AvgIpc) is 3.66. The maximum Gasteiger partial charge on any atom is 0.0541 e. The first-order valence-corrected chi connectivity index (χ1v) is 21.1. The minimum atomic E-state index is 0.860. The molecule has 1 aliphatic rings. The van der Waals surface area contributed by atoms with Gasteiger partial charge in [-0.15, -0.1) is 0 Å². The van der Waals surface area contributed by atoms with E-state index in [9.17, 15) is 0 Å². The number of para-hydroxylation sites is 1. The highest BCUT2D eigenvalue weighted by Crippen LogP contribution is 2.46. The molecular weight excluding hydrogens is 737 g/mol. The van der Waals surface area contributed by atoms with Crippen LogP contribution in [-0.4, -0.2) is 4.57 Å². The van der Waals surface area contributed by atoms with E-state index < -0.39 is 0 Å². The Morgan fingerprint density at radius 1 is 0.279 bits per heavy atom. The minimum absolute atomic E-state index is 0.860. The smallest absolute Gasteiger partial charge is 0.0541 e. The lowest BCUT2D eigenvalue weighted by Gasteiger charge is -2.34. The van der Waals surface area contributed by atoms with Crippen LogP contribution in [0, 0.1) is 0 Å². The lowest BCUT2D eigenvalue weighted by Crippen LogP contribution is -2.18. The van der Waals surface area contributed by atoms with Gasteiger partial charge in [0.05, 0.1) is 11.0 Å². The maximum absolute atomic E-state index is 2.43. The van der Waals surface area contributed by atoms with Gasteiger partial charge in [-0.05, 0) is 145 Å². The van der Waals surface area contributed by atoms with Crippen molar-refractivity contribution in [2.45, 2.75) is 6.42 Å². The van der Waals surface area contributed by atoms with E-state index in [1.54, 1.807) is 0 Å². The summed E-state index contributed by atoms with van der Waals surface area (Å²) in [6, 6.07) is 84.5. The van der Waals surface area contributed by atoms with E-state index in [4.69, 9.17) is 0 Å².